The van der Waals surface area contributed by atoms with Crippen LogP contribution in [0, 0.1) is 5.82 Å². The highest BCUT2D eigenvalue weighted by Crippen LogP contribution is 2.21. The molecule has 0 aliphatic carbocycles. The van der Waals surface area contributed by atoms with Crippen LogP contribution in [0.15, 0.2) is 76.6 Å². The Morgan fingerprint density at radius 3 is 2.47 bits per heavy atom. The van der Waals surface area contributed by atoms with Gasteiger partial charge in [-0.3, -0.25) is 9.52 Å². The second kappa shape index (κ2) is 11.0. The van der Waals surface area contributed by atoms with Gasteiger partial charge < -0.3 is 14.0 Å². The lowest BCUT2D eigenvalue weighted by Gasteiger charge is -2.09. The lowest BCUT2D eigenvalue weighted by molar-refractivity contribution is 0.0996. The largest absolute Gasteiger partial charge is 0.497 e. The minimum atomic E-state index is -3.81. The Morgan fingerprint density at radius 1 is 1.08 bits per heavy atom. The van der Waals surface area contributed by atoms with Crippen LogP contribution in [0.25, 0.3) is 10.2 Å². The fourth-order valence-electron chi connectivity index (χ4n) is 3.45. The van der Waals surface area contributed by atoms with Gasteiger partial charge in [-0.05, 0) is 73.7 Å². The monoisotopic (exact) mass is 529 g/mol. The van der Waals surface area contributed by atoms with Crippen LogP contribution in [0.1, 0.15) is 17.3 Å². The van der Waals surface area contributed by atoms with Gasteiger partial charge in [0.15, 0.2) is 4.80 Å². The molecule has 11 heteroatoms. The molecule has 0 aliphatic rings. The molecular formula is C25H24FN3O5S2. The molecule has 0 atom stereocenters. The number of aromatic nitrogens is 1. The number of carbonyl (C=O) groups is 1. The number of nitrogens with one attached hydrogen (secondary N) is 1. The van der Waals surface area contributed by atoms with Crippen molar-refractivity contribution in [3.63, 3.8) is 0 Å². The maximum atomic E-state index is 13.7. The van der Waals surface area contributed by atoms with Crippen LogP contribution in [0.3, 0.4) is 0 Å². The second-order valence-corrected chi connectivity index (χ2v) is 10.3. The third-order valence-corrected chi connectivity index (χ3v) is 7.70. The molecular weight excluding hydrogens is 505 g/mol. The fourth-order valence-corrected chi connectivity index (χ4v) is 5.59. The highest BCUT2D eigenvalue weighted by Gasteiger charge is 2.15. The minimum absolute atomic E-state index is 0.0799. The Hall–Kier alpha value is -3.54. The molecule has 4 rings (SSSR count). The predicted octanol–water partition coefficient (Wildman–Crippen LogP) is 4.43. The van der Waals surface area contributed by atoms with E-state index in [-0.39, 0.29) is 16.3 Å². The van der Waals surface area contributed by atoms with Gasteiger partial charge in [0.05, 0.1) is 28.8 Å². The standard InChI is InChI=1S/C25H24FN3O5S2/c1-3-34-15-14-29-22-13-6-18(26)16-23(22)35-25(29)27-24(30)17-4-7-19(8-5-17)28-36(31,32)21-11-9-20(33-2)10-12-21/h4-13,16,28H,3,14-15H2,1-2H3. The number of fused-ring (bicyclic) bond motifs is 1. The number of hydrogen-bond donors (Lipinski definition) is 1. The molecule has 1 N–H and O–H groups in total. The lowest BCUT2D eigenvalue weighted by atomic mass is 10.2. The van der Waals surface area contributed by atoms with Crippen molar-refractivity contribution in [1.82, 2.24) is 4.57 Å². The highest BCUT2D eigenvalue weighted by molar-refractivity contribution is 7.92. The van der Waals surface area contributed by atoms with Crippen molar-refractivity contribution in [3.8, 4) is 5.75 Å². The summed E-state index contributed by atoms with van der Waals surface area (Å²) < 4.78 is 54.5. The molecule has 1 amide bonds. The van der Waals surface area contributed by atoms with Gasteiger partial charge in [0.25, 0.3) is 15.9 Å². The van der Waals surface area contributed by atoms with Crippen LogP contribution >= 0.6 is 11.3 Å². The zero-order chi connectivity index (χ0) is 25.7. The van der Waals surface area contributed by atoms with Gasteiger partial charge in [0, 0.05) is 24.4 Å². The summed E-state index contributed by atoms with van der Waals surface area (Å²) in [6.45, 7) is 3.32. The molecule has 0 bridgehead atoms. The van der Waals surface area contributed by atoms with Gasteiger partial charge >= 0.3 is 0 Å². The number of carbonyl (C=O) groups excluding carboxylic acids is 1. The van der Waals surface area contributed by atoms with Crippen LogP contribution in [-0.2, 0) is 21.3 Å². The topological polar surface area (TPSA) is 99.0 Å². The van der Waals surface area contributed by atoms with Crippen LogP contribution < -0.4 is 14.3 Å². The maximum Gasteiger partial charge on any atom is 0.279 e. The van der Waals surface area contributed by atoms with E-state index in [0.717, 1.165) is 5.52 Å². The lowest BCUT2D eigenvalue weighted by Crippen LogP contribution is -2.19. The van der Waals surface area contributed by atoms with E-state index in [1.165, 1.54) is 67.0 Å². The molecule has 0 fully saturated rings. The number of thiazole rings is 1. The van der Waals surface area contributed by atoms with Crippen LogP contribution in [0.5, 0.6) is 5.75 Å². The summed E-state index contributed by atoms with van der Waals surface area (Å²) >= 11 is 1.21. The second-order valence-electron chi connectivity index (χ2n) is 7.62. The normalized spacial score (nSPS) is 12.1. The highest BCUT2D eigenvalue weighted by atomic mass is 32.2. The first-order valence-electron chi connectivity index (χ1n) is 11.0. The third-order valence-electron chi connectivity index (χ3n) is 5.26. The number of amides is 1. The number of halogens is 1. The number of benzene rings is 3. The van der Waals surface area contributed by atoms with Crippen LogP contribution in [0.2, 0.25) is 0 Å². The molecule has 0 aliphatic heterocycles. The van der Waals surface area contributed by atoms with E-state index < -0.39 is 15.9 Å². The summed E-state index contributed by atoms with van der Waals surface area (Å²) in [6, 6.07) is 16.4. The number of sulfonamides is 1. The first kappa shape index (κ1) is 25.5. The van der Waals surface area contributed by atoms with Gasteiger partial charge in [-0.15, -0.1) is 0 Å². The number of rotatable bonds is 9. The summed E-state index contributed by atoms with van der Waals surface area (Å²) in [5.74, 6) is -0.327. The zero-order valence-electron chi connectivity index (χ0n) is 19.6. The van der Waals surface area contributed by atoms with Crippen molar-refractivity contribution in [2.45, 2.75) is 18.4 Å². The maximum absolute atomic E-state index is 13.7. The van der Waals surface area contributed by atoms with E-state index >= 15 is 0 Å². The van der Waals surface area contributed by atoms with Gasteiger partial charge in [-0.25, -0.2) is 12.8 Å². The van der Waals surface area contributed by atoms with Crippen molar-refractivity contribution in [3.05, 3.63) is 82.9 Å². The molecule has 188 valence electrons. The SMILES string of the molecule is CCOCCn1c(=NC(=O)c2ccc(NS(=O)(=O)c3ccc(OC)cc3)cc2)sc2cc(F)ccc21. The van der Waals surface area contributed by atoms with Gasteiger partial charge in [-0.1, -0.05) is 11.3 Å². The Morgan fingerprint density at radius 2 is 1.81 bits per heavy atom. The molecule has 1 aromatic heterocycles. The van der Waals surface area contributed by atoms with E-state index in [1.807, 2.05) is 11.5 Å². The molecule has 1 heterocycles. The quantitative estimate of drug-likeness (QED) is 0.324. The minimum Gasteiger partial charge on any atom is -0.497 e. The summed E-state index contributed by atoms with van der Waals surface area (Å²) in [6.07, 6.45) is 0. The number of hydrogen-bond acceptors (Lipinski definition) is 6. The molecule has 0 radical (unpaired) electrons. The summed E-state index contributed by atoms with van der Waals surface area (Å²) in [7, 11) is -2.32. The van der Waals surface area contributed by atoms with E-state index in [1.54, 1.807) is 18.2 Å². The number of methoxy groups -OCH3 is 1. The molecule has 3 aromatic carbocycles. The van der Waals surface area contributed by atoms with E-state index in [4.69, 9.17) is 9.47 Å². The number of nitrogens with zero attached hydrogens (tertiary/aromatic N) is 2. The van der Waals surface area contributed by atoms with Crippen molar-refractivity contribution in [2.75, 3.05) is 25.0 Å². The fraction of sp³-hybridized carbons (Fsp3) is 0.200. The average Bonchev–Trinajstić information content (AvgIpc) is 3.20. The molecule has 4 aromatic rings. The van der Waals surface area contributed by atoms with E-state index in [2.05, 4.69) is 9.71 Å². The first-order chi connectivity index (χ1) is 17.3. The van der Waals surface area contributed by atoms with Gasteiger partial charge in [0.1, 0.15) is 11.6 Å². The molecule has 0 spiro atoms. The Balaban J connectivity index is 1.57. The summed E-state index contributed by atoms with van der Waals surface area (Å²) in [4.78, 5) is 17.6. The van der Waals surface area contributed by atoms with Gasteiger partial charge in [-0.2, -0.15) is 4.99 Å². The van der Waals surface area contributed by atoms with Crippen LogP contribution in [0.4, 0.5) is 10.1 Å². The predicted molar refractivity (Wildman–Crippen MR) is 136 cm³/mol. The van der Waals surface area contributed by atoms with Crippen molar-refractivity contribution in [2.24, 2.45) is 4.99 Å². The zero-order valence-corrected chi connectivity index (χ0v) is 21.2. The van der Waals surface area contributed by atoms with Gasteiger partial charge in [0.2, 0.25) is 0 Å². The average molecular weight is 530 g/mol. The van der Waals surface area contributed by atoms with Crippen molar-refractivity contribution < 1.29 is 27.1 Å². The molecule has 0 saturated heterocycles. The van der Waals surface area contributed by atoms with E-state index in [0.29, 0.717) is 40.7 Å². The molecule has 8 nitrogen and oxygen atoms in total. The third kappa shape index (κ3) is 5.81. The van der Waals surface area contributed by atoms with Crippen molar-refractivity contribution in [1.29, 1.82) is 0 Å². The van der Waals surface area contributed by atoms with E-state index in [9.17, 15) is 17.6 Å². The Kier molecular flexibility index (Phi) is 7.82. The summed E-state index contributed by atoms with van der Waals surface area (Å²) in [5, 5.41) is 0. The van der Waals surface area contributed by atoms with Crippen LogP contribution in [-0.4, -0.2) is 39.2 Å². The Bertz CT molecular complexity index is 1540. The molecule has 0 unspecified atom stereocenters. The first-order valence-corrected chi connectivity index (χ1v) is 13.3. The van der Waals surface area contributed by atoms with Crippen molar-refractivity contribution >= 4 is 43.2 Å². The summed E-state index contributed by atoms with van der Waals surface area (Å²) in [5.41, 5.74) is 1.34. The number of anilines is 1. The number of ether oxygens (including phenoxy) is 2. The molecule has 36 heavy (non-hydrogen) atoms. The smallest absolute Gasteiger partial charge is 0.279 e. The molecule has 0 saturated carbocycles. The Labute approximate surface area is 211 Å².